The van der Waals surface area contributed by atoms with Crippen LogP contribution in [0.3, 0.4) is 0 Å². The van der Waals surface area contributed by atoms with E-state index in [0.717, 1.165) is 12.5 Å². The molecule has 1 aromatic rings. The van der Waals surface area contributed by atoms with E-state index in [1.54, 1.807) is 12.0 Å². The van der Waals surface area contributed by atoms with Gasteiger partial charge in [0.05, 0.1) is 6.61 Å². The number of aromatic amines is 1. The Balaban J connectivity index is 1.82. The topological polar surface area (TPSA) is 78.5 Å². The van der Waals surface area contributed by atoms with Gasteiger partial charge in [-0.3, -0.25) is 14.7 Å². The Hall–Kier alpha value is -2.03. The van der Waals surface area contributed by atoms with Crippen molar-refractivity contribution < 1.29 is 23.1 Å². The van der Waals surface area contributed by atoms with Gasteiger partial charge < -0.3 is 14.5 Å². The third-order valence-electron chi connectivity index (χ3n) is 5.05. The summed E-state index contributed by atoms with van der Waals surface area (Å²) in [6.07, 6.45) is -0.0353. The molecule has 7 nitrogen and oxygen atoms in total. The third-order valence-corrected chi connectivity index (χ3v) is 5.05. The molecule has 2 aliphatic rings. The largest absolute Gasteiger partial charge is 0.383 e. The Bertz CT molecular complexity index is 651. The van der Waals surface area contributed by atoms with Gasteiger partial charge in [-0.1, -0.05) is 0 Å². The summed E-state index contributed by atoms with van der Waals surface area (Å²) in [5.41, 5.74) is -1.35. The van der Waals surface area contributed by atoms with Crippen LogP contribution in [0, 0.1) is 0 Å². The predicted molar refractivity (Wildman–Crippen MR) is 84.2 cm³/mol. The van der Waals surface area contributed by atoms with E-state index in [4.69, 9.17) is 4.74 Å². The monoisotopic (exact) mass is 356 g/mol. The minimum atomic E-state index is -2.72. The second-order valence-electron chi connectivity index (χ2n) is 6.49. The average molecular weight is 356 g/mol. The quantitative estimate of drug-likeness (QED) is 0.869. The highest BCUT2D eigenvalue weighted by atomic mass is 19.3. The number of ether oxygens (including phenoxy) is 1. The zero-order valence-corrected chi connectivity index (χ0v) is 14.1. The summed E-state index contributed by atoms with van der Waals surface area (Å²) >= 11 is 0. The molecule has 2 amide bonds. The number of piperidine rings is 1. The number of hydrogen-bond acceptors (Lipinski definition) is 4. The first-order chi connectivity index (χ1) is 12.0. The zero-order valence-electron chi connectivity index (χ0n) is 14.1. The lowest BCUT2D eigenvalue weighted by Crippen LogP contribution is -2.61. The molecule has 25 heavy (non-hydrogen) atoms. The van der Waals surface area contributed by atoms with Crippen molar-refractivity contribution in [2.75, 3.05) is 33.4 Å². The van der Waals surface area contributed by atoms with E-state index in [9.17, 15) is 18.4 Å². The molecule has 1 aromatic heterocycles. The number of aromatic nitrogens is 2. The Morgan fingerprint density at radius 2 is 2.12 bits per heavy atom. The fourth-order valence-corrected chi connectivity index (χ4v) is 3.83. The Kier molecular flexibility index (Phi) is 5.03. The van der Waals surface area contributed by atoms with Crippen molar-refractivity contribution in [3.05, 3.63) is 17.5 Å². The van der Waals surface area contributed by atoms with Gasteiger partial charge >= 0.3 is 0 Å². The van der Waals surface area contributed by atoms with E-state index < -0.39 is 23.6 Å². The van der Waals surface area contributed by atoms with E-state index in [1.165, 1.54) is 4.90 Å². The predicted octanol–water partition coefficient (Wildman–Crippen LogP) is 1.59. The van der Waals surface area contributed by atoms with Crippen molar-refractivity contribution in [3.63, 3.8) is 0 Å². The number of rotatable bonds is 5. The van der Waals surface area contributed by atoms with Crippen LogP contribution < -0.4 is 0 Å². The van der Waals surface area contributed by atoms with E-state index in [-0.39, 0.29) is 11.6 Å². The average Bonchev–Trinajstić information content (AvgIpc) is 3.24. The summed E-state index contributed by atoms with van der Waals surface area (Å²) in [4.78, 5) is 29.1. The number of hydrogen-bond donors (Lipinski definition) is 1. The fourth-order valence-electron chi connectivity index (χ4n) is 3.83. The molecule has 2 aliphatic heterocycles. The standard InChI is InChI=1S/C16H22F2N4O3/c1-25-9-8-21-6-2-4-16(15(21)24)5-3-7-22(16)14(23)12-10-11(13(17)18)19-20-12/h10,13H,2-9H2,1H3,(H,19,20). The van der Waals surface area contributed by atoms with Gasteiger partial charge in [-0.2, -0.15) is 5.10 Å². The second kappa shape index (κ2) is 7.07. The van der Waals surface area contributed by atoms with Crippen LogP contribution in [0.2, 0.25) is 0 Å². The Morgan fingerprint density at radius 3 is 2.76 bits per heavy atom. The summed E-state index contributed by atoms with van der Waals surface area (Å²) in [7, 11) is 1.58. The second-order valence-corrected chi connectivity index (χ2v) is 6.49. The number of nitrogens with one attached hydrogen (secondary N) is 1. The molecule has 3 heterocycles. The van der Waals surface area contributed by atoms with Crippen LogP contribution in [-0.2, 0) is 9.53 Å². The number of carbonyl (C=O) groups excluding carboxylic acids is 2. The molecule has 1 unspecified atom stereocenters. The number of methoxy groups -OCH3 is 1. The van der Waals surface area contributed by atoms with Crippen molar-refractivity contribution in [1.29, 1.82) is 0 Å². The summed E-state index contributed by atoms with van der Waals surface area (Å²) in [6, 6.07) is 1.06. The fraction of sp³-hybridized carbons (Fsp3) is 0.688. The summed E-state index contributed by atoms with van der Waals surface area (Å²) in [5.74, 6) is -0.547. The van der Waals surface area contributed by atoms with Gasteiger partial charge in [0.25, 0.3) is 12.3 Å². The molecule has 9 heteroatoms. The normalized spacial score (nSPS) is 23.9. The molecule has 0 aliphatic carbocycles. The van der Waals surface area contributed by atoms with Crippen molar-refractivity contribution in [2.45, 2.75) is 37.6 Å². The zero-order chi connectivity index (χ0) is 18.0. The molecule has 0 radical (unpaired) electrons. The smallest absolute Gasteiger partial charge is 0.279 e. The molecule has 2 saturated heterocycles. The number of likely N-dealkylation sites (tertiary alicyclic amines) is 2. The highest BCUT2D eigenvalue weighted by Crippen LogP contribution is 2.39. The van der Waals surface area contributed by atoms with Crippen LogP contribution in [0.4, 0.5) is 8.78 Å². The molecule has 3 rings (SSSR count). The molecule has 2 fully saturated rings. The van der Waals surface area contributed by atoms with Gasteiger partial charge in [0, 0.05) is 26.7 Å². The molecule has 1 N–H and O–H groups in total. The lowest BCUT2D eigenvalue weighted by atomic mass is 9.85. The first-order valence-corrected chi connectivity index (χ1v) is 8.43. The van der Waals surface area contributed by atoms with Crippen molar-refractivity contribution in [1.82, 2.24) is 20.0 Å². The van der Waals surface area contributed by atoms with E-state index >= 15 is 0 Å². The number of nitrogens with zero attached hydrogens (tertiary/aromatic N) is 3. The van der Waals surface area contributed by atoms with Crippen LogP contribution >= 0.6 is 0 Å². The minimum absolute atomic E-state index is 0.0709. The van der Waals surface area contributed by atoms with Crippen molar-refractivity contribution in [3.8, 4) is 0 Å². The molecule has 138 valence electrons. The van der Waals surface area contributed by atoms with E-state index in [2.05, 4.69) is 10.2 Å². The van der Waals surface area contributed by atoms with Gasteiger partial charge in [0.1, 0.15) is 11.2 Å². The lowest BCUT2D eigenvalue weighted by Gasteiger charge is -2.44. The lowest BCUT2D eigenvalue weighted by molar-refractivity contribution is -0.146. The maximum absolute atomic E-state index is 13.0. The maximum atomic E-state index is 13.0. The SMILES string of the molecule is COCCN1CCCC2(CCCN2C(=O)c2cc(C(F)F)[nH]n2)C1=O. The molecular formula is C16H22F2N4O3. The highest BCUT2D eigenvalue weighted by Gasteiger charge is 2.53. The summed E-state index contributed by atoms with van der Waals surface area (Å²) in [5, 5.41) is 5.90. The molecule has 0 aromatic carbocycles. The van der Waals surface area contributed by atoms with Crippen LogP contribution in [0.25, 0.3) is 0 Å². The molecular weight excluding hydrogens is 334 g/mol. The summed E-state index contributed by atoms with van der Waals surface area (Å²) < 4.78 is 30.5. The number of alkyl halides is 2. The van der Waals surface area contributed by atoms with Crippen LogP contribution in [0.5, 0.6) is 0 Å². The first-order valence-electron chi connectivity index (χ1n) is 8.43. The van der Waals surface area contributed by atoms with E-state index in [0.29, 0.717) is 45.5 Å². The maximum Gasteiger partial charge on any atom is 0.279 e. The molecule has 0 saturated carbocycles. The van der Waals surface area contributed by atoms with Gasteiger partial charge in [0.15, 0.2) is 5.69 Å². The first kappa shape index (κ1) is 17.8. The number of H-pyrrole nitrogens is 1. The molecule has 1 spiro atoms. The van der Waals surface area contributed by atoms with Crippen molar-refractivity contribution in [2.24, 2.45) is 0 Å². The van der Waals surface area contributed by atoms with Crippen LogP contribution in [0.15, 0.2) is 6.07 Å². The Morgan fingerprint density at radius 1 is 1.40 bits per heavy atom. The van der Waals surface area contributed by atoms with Gasteiger partial charge in [-0.25, -0.2) is 8.78 Å². The van der Waals surface area contributed by atoms with Crippen LogP contribution in [0.1, 0.15) is 48.3 Å². The highest BCUT2D eigenvalue weighted by molar-refractivity contribution is 5.99. The number of amides is 2. The Labute approximate surface area is 144 Å². The number of halogens is 2. The molecule has 0 bridgehead atoms. The minimum Gasteiger partial charge on any atom is -0.383 e. The van der Waals surface area contributed by atoms with Crippen molar-refractivity contribution >= 4 is 11.8 Å². The summed E-state index contributed by atoms with van der Waals surface area (Å²) in [6.45, 7) is 1.99. The van der Waals surface area contributed by atoms with Gasteiger partial charge in [0.2, 0.25) is 5.91 Å². The van der Waals surface area contributed by atoms with Gasteiger partial charge in [-0.15, -0.1) is 0 Å². The third kappa shape index (κ3) is 3.12. The molecule has 1 atom stereocenters. The number of carbonyl (C=O) groups is 2. The van der Waals surface area contributed by atoms with Gasteiger partial charge in [-0.05, 0) is 31.7 Å². The van der Waals surface area contributed by atoms with Crippen LogP contribution in [-0.4, -0.2) is 70.7 Å². The van der Waals surface area contributed by atoms with E-state index in [1.807, 2.05) is 0 Å².